The quantitative estimate of drug-likeness (QED) is 0.786. The van der Waals surface area contributed by atoms with Gasteiger partial charge in [0.1, 0.15) is 0 Å². The van der Waals surface area contributed by atoms with Crippen LogP contribution in [0.5, 0.6) is 0 Å². The fourth-order valence-corrected chi connectivity index (χ4v) is 3.42. The van der Waals surface area contributed by atoms with Crippen LogP contribution in [-0.2, 0) is 4.74 Å². The highest BCUT2D eigenvalue weighted by Gasteiger charge is 2.30. The van der Waals surface area contributed by atoms with Crippen LogP contribution in [0.3, 0.4) is 0 Å². The van der Waals surface area contributed by atoms with Gasteiger partial charge < -0.3 is 14.3 Å². The van der Waals surface area contributed by atoms with Gasteiger partial charge in [0.2, 0.25) is 0 Å². The Balaban J connectivity index is 2.09. The third kappa shape index (κ3) is 2.45. The van der Waals surface area contributed by atoms with Crippen LogP contribution in [0.4, 0.5) is 0 Å². The lowest BCUT2D eigenvalue weighted by Gasteiger charge is -2.36. The highest BCUT2D eigenvalue weighted by Crippen LogP contribution is 2.34. The second kappa shape index (κ2) is 4.62. The minimum absolute atomic E-state index is 0.0896. The Morgan fingerprint density at radius 1 is 1.47 bits per heavy atom. The molecular weight excluding hydrogens is 280 g/mol. The fourth-order valence-electron chi connectivity index (χ4n) is 2.89. The van der Waals surface area contributed by atoms with Crippen LogP contribution in [0.2, 0.25) is 5.02 Å². The highest BCUT2D eigenvalue weighted by atomic mass is 35.5. The number of benzene rings is 1. The molecule has 1 atom stereocenters. The van der Waals surface area contributed by atoms with Gasteiger partial charge in [0.15, 0.2) is 4.77 Å². The van der Waals surface area contributed by atoms with E-state index in [1.807, 2.05) is 18.2 Å². The maximum absolute atomic E-state index is 6.03. The molecule has 19 heavy (non-hydrogen) atoms. The third-order valence-electron chi connectivity index (χ3n) is 3.71. The van der Waals surface area contributed by atoms with Crippen LogP contribution in [-0.4, -0.2) is 21.8 Å². The van der Waals surface area contributed by atoms with Gasteiger partial charge in [0.05, 0.1) is 16.6 Å². The van der Waals surface area contributed by atoms with Gasteiger partial charge in [-0.2, -0.15) is 0 Å². The normalized spacial score (nSPS) is 22.8. The molecule has 0 radical (unpaired) electrons. The first-order valence-corrected chi connectivity index (χ1v) is 7.29. The van der Waals surface area contributed by atoms with Crippen molar-refractivity contribution in [1.29, 1.82) is 0 Å². The van der Waals surface area contributed by atoms with Gasteiger partial charge in [-0.1, -0.05) is 11.6 Å². The number of nitrogens with zero attached hydrogens (tertiary/aromatic N) is 1. The van der Waals surface area contributed by atoms with Crippen molar-refractivity contribution >= 4 is 34.9 Å². The van der Waals surface area contributed by atoms with Crippen molar-refractivity contribution in [2.75, 3.05) is 6.61 Å². The van der Waals surface area contributed by atoms with Crippen LogP contribution in [0.15, 0.2) is 18.2 Å². The van der Waals surface area contributed by atoms with Gasteiger partial charge in [-0.15, -0.1) is 0 Å². The van der Waals surface area contributed by atoms with E-state index >= 15 is 0 Å². The number of halogens is 1. The Labute approximate surface area is 122 Å². The summed E-state index contributed by atoms with van der Waals surface area (Å²) in [6.45, 7) is 5.04. The lowest BCUT2D eigenvalue weighted by atomic mass is 9.93. The van der Waals surface area contributed by atoms with E-state index in [-0.39, 0.29) is 5.60 Å². The van der Waals surface area contributed by atoms with Gasteiger partial charge in [0.25, 0.3) is 0 Å². The number of fused-ring (bicyclic) bond motifs is 1. The molecule has 0 bridgehead atoms. The molecule has 3 nitrogen and oxygen atoms in total. The molecule has 2 aromatic rings. The first-order valence-electron chi connectivity index (χ1n) is 6.50. The number of aromatic amines is 1. The molecular formula is C14H17ClN2OS. The summed E-state index contributed by atoms with van der Waals surface area (Å²) in [6, 6.07) is 6.25. The van der Waals surface area contributed by atoms with Gasteiger partial charge in [-0.25, -0.2) is 0 Å². The molecule has 1 saturated heterocycles. The third-order valence-corrected chi connectivity index (χ3v) is 4.25. The maximum atomic E-state index is 6.03. The number of H-pyrrole nitrogens is 1. The summed E-state index contributed by atoms with van der Waals surface area (Å²) in [5.74, 6) is 0. The monoisotopic (exact) mass is 296 g/mol. The van der Waals surface area contributed by atoms with Crippen molar-refractivity contribution in [3.63, 3.8) is 0 Å². The average Bonchev–Trinajstić information content (AvgIpc) is 2.62. The molecule has 1 aliphatic heterocycles. The predicted molar refractivity (Wildman–Crippen MR) is 80.4 cm³/mol. The SMILES string of the molecule is CC1(C)CC(n2c(=S)[nH]c3cc(Cl)ccc32)CCO1. The molecule has 102 valence electrons. The number of aromatic nitrogens is 2. The summed E-state index contributed by atoms with van der Waals surface area (Å²) >= 11 is 11.5. The Morgan fingerprint density at radius 2 is 2.26 bits per heavy atom. The van der Waals surface area contributed by atoms with E-state index in [1.54, 1.807) is 0 Å². The second-order valence-electron chi connectivity index (χ2n) is 5.72. The van der Waals surface area contributed by atoms with Crippen molar-refractivity contribution in [1.82, 2.24) is 9.55 Å². The van der Waals surface area contributed by atoms with E-state index < -0.39 is 0 Å². The van der Waals surface area contributed by atoms with E-state index in [0.717, 1.165) is 40.3 Å². The number of rotatable bonds is 1. The van der Waals surface area contributed by atoms with Crippen LogP contribution in [0, 0.1) is 4.77 Å². The zero-order chi connectivity index (χ0) is 13.6. The predicted octanol–water partition coefficient (Wildman–Crippen LogP) is 4.48. The Hall–Kier alpha value is -0.840. The summed E-state index contributed by atoms with van der Waals surface area (Å²) in [4.78, 5) is 3.25. The number of hydrogen-bond acceptors (Lipinski definition) is 2. The average molecular weight is 297 g/mol. The molecule has 0 amide bonds. The molecule has 0 spiro atoms. The molecule has 1 aromatic heterocycles. The maximum Gasteiger partial charge on any atom is 0.178 e. The lowest BCUT2D eigenvalue weighted by Crippen LogP contribution is -2.35. The van der Waals surface area contributed by atoms with Gasteiger partial charge in [-0.3, -0.25) is 0 Å². The summed E-state index contributed by atoms with van der Waals surface area (Å²) in [7, 11) is 0. The summed E-state index contributed by atoms with van der Waals surface area (Å²) < 4.78 is 8.76. The summed E-state index contributed by atoms with van der Waals surface area (Å²) in [5.41, 5.74) is 2.03. The van der Waals surface area contributed by atoms with E-state index in [4.69, 9.17) is 28.6 Å². The summed E-state index contributed by atoms with van der Waals surface area (Å²) in [6.07, 6.45) is 1.96. The molecule has 1 fully saturated rings. The first-order chi connectivity index (χ1) is 8.96. The van der Waals surface area contributed by atoms with Crippen molar-refractivity contribution in [3.05, 3.63) is 28.0 Å². The molecule has 1 unspecified atom stereocenters. The second-order valence-corrected chi connectivity index (χ2v) is 6.54. The minimum atomic E-state index is -0.0896. The zero-order valence-electron chi connectivity index (χ0n) is 11.1. The van der Waals surface area contributed by atoms with E-state index in [1.165, 1.54) is 0 Å². The van der Waals surface area contributed by atoms with Gasteiger partial charge >= 0.3 is 0 Å². The molecule has 2 heterocycles. The molecule has 3 rings (SSSR count). The molecule has 1 aromatic carbocycles. The van der Waals surface area contributed by atoms with Gasteiger partial charge in [-0.05, 0) is 57.1 Å². The Kier molecular flexibility index (Phi) is 3.20. The highest BCUT2D eigenvalue weighted by molar-refractivity contribution is 7.71. The van der Waals surface area contributed by atoms with E-state index in [9.17, 15) is 0 Å². The smallest absolute Gasteiger partial charge is 0.178 e. The number of imidazole rings is 1. The van der Waals surface area contributed by atoms with Crippen LogP contribution < -0.4 is 0 Å². The molecule has 0 saturated carbocycles. The molecule has 0 aliphatic carbocycles. The first kappa shape index (κ1) is 13.2. The zero-order valence-corrected chi connectivity index (χ0v) is 12.6. The largest absolute Gasteiger partial charge is 0.375 e. The van der Waals surface area contributed by atoms with E-state index in [2.05, 4.69) is 23.4 Å². The summed E-state index contributed by atoms with van der Waals surface area (Å²) in [5, 5.41) is 0.725. The van der Waals surface area contributed by atoms with Crippen molar-refractivity contribution in [2.45, 2.75) is 38.3 Å². The van der Waals surface area contributed by atoms with Crippen LogP contribution in [0.1, 0.15) is 32.7 Å². The topological polar surface area (TPSA) is 29.9 Å². The van der Waals surface area contributed by atoms with Crippen LogP contribution in [0.25, 0.3) is 11.0 Å². The molecule has 5 heteroatoms. The lowest BCUT2D eigenvalue weighted by molar-refractivity contribution is -0.0687. The Morgan fingerprint density at radius 3 is 3.00 bits per heavy atom. The number of hydrogen-bond donors (Lipinski definition) is 1. The van der Waals surface area contributed by atoms with Crippen molar-refractivity contribution in [3.8, 4) is 0 Å². The molecule has 1 N–H and O–H groups in total. The van der Waals surface area contributed by atoms with Crippen molar-refractivity contribution in [2.24, 2.45) is 0 Å². The van der Waals surface area contributed by atoms with Crippen molar-refractivity contribution < 1.29 is 4.74 Å². The van der Waals surface area contributed by atoms with Crippen LogP contribution >= 0.6 is 23.8 Å². The molecule has 1 aliphatic rings. The Bertz CT molecular complexity index is 674. The standard InChI is InChI=1S/C14H17ClN2OS/c1-14(2)8-10(5-6-18-14)17-12-4-3-9(15)7-11(12)16-13(17)19/h3-4,7,10H,5-6,8H2,1-2H3,(H,16,19). The minimum Gasteiger partial charge on any atom is -0.375 e. The number of ether oxygens (including phenoxy) is 1. The van der Waals surface area contributed by atoms with Gasteiger partial charge in [0, 0.05) is 17.7 Å². The number of nitrogens with one attached hydrogen (secondary N) is 1. The van der Waals surface area contributed by atoms with E-state index in [0.29, 0.717) is 6.04 Å². The fraction of sp³-hybridized carbons (Fsp3) is 0.500.